The number of hydrogen-bond acceptors (Lipinski definition) is 5. The van der Waals surface area contributed by atoms with Crippen LogP contribution in [-0.4, -0.2) is 50.3 Å². The van der Waals surface area contributed by atoms with Gasteiger partial charge in [0.25, 0.3) is 0 Å². The van der Waals surface area contributed by atoms with Crippen molar-refractivity contribution in [1.82, 2.24) is 9.88 Å². The third kappa shape index (κ3) is 4.22. The Morgan fingerprint density at radius 1 is 1.08 bits per heavy atom. The summed E-state index contributed by atoms with van der Waals surface area (Å²) in [5.74, 6) is 1.46. The van der Waals surface area contributed by atoms with Crippen molar-refractivity contribution >= 4 is 17.3 Å². The molecular weight excluding hydrogens is 350 g/mol. The molecule has 140 valence electrons. The first kappa shape index (κ1) is 18.8. The largest absolute Gasteiger partial charge is 0.496 e. The Morgan fingerprint density at radius 3 is 2.62 bits per heavy atom. The molecule has 5 nitrogen and oxygen atoms in total. The van der Waals surface area contributed by atoms with E-state index in [1.54, 1.807) is 14.2 Å². The average Bonchev–Trinajstić information content (AvgIpc) is 2.88. The molecule has 2 heterocycles. The van der Waals surface area contributed by atoms with E-state index in [4.69, 9.17) is 21.1 Å². The molecule has 0 radical (unpaired) electrons. The molecule has 2 aromatic rings. The summed E-state index contributed by atoms with van der Waals surface area (Å²) in [6.07, 6.45) is 4.92. The van der Waals surface area contributed by atoms with Gasteiger partial charge in [0.2, 0.25) is 0 Å². The molecule has 0 atom stereocenters. The molecule has 1 aromatic heterocycles. The van der Waals surface area contributed by atoms with E-state index in [0.717, 1.165) is 50.5 Å². The molecule has 6 heteroatoms. The van der Waals surface area contributed by atoms with Crippen LogP contribution in [0.2, 0.25) is 5.02 Å². The van der Waals surface area contributed by atoms with Gasteiger partial charge in [0.15, 0.2) is 0 Å². The number of aromatic nitrogens is 1. The average molecular weight is 376 g/mol. The van der Waals surface area contributed by atoms with Gasteiger partial charge < -0.3 is 14.4 Å². The van der Waals surface area contributed by atoms with Gasteiger partial charge in [0.1, 0.15) is 11.5 Å². The lowest BCUT2D eigenvalue weighted by Gasteiger charge is -2.25. The van der Waals surface area contributed by atoms with Crippen molar-refractivity contribution in [2.24, 2.45) is 0 Å². The zero-order valence-electron chi connectivity index (χ0n) is 15.7. The third-order valence-electron chi connectivity index (χ3n) is 4.87. The molecule has 1 saturated heterocycles. The second-order valence-electron chi connectivity index (χ2n) is 6.58. The van der Waals surface area contributed by atoms with Crippen molar-refractivity contribution in [2.75, 3.05) is 45.3 Å². The molecule has 0 N–H and O–H groups in total. The number of nitrogens with zero attached hydrogens (tertiary/aromatic N) is 3. The first-order valence-corrected chi connectivity index (χ1v) is 9.28. The van der Waals surface area contributed by atoms with Gasteiger partial charge in [-0.05, 0) is 31.0 Å². The lowest BCUT2D eigenvalue weighted by molar-refractivity contribution is 0.279. The van der Waals surface area contributed by atoms with Crippen LogP contribution in [0.15, 0.2) is 30.6 Å². The van der Waals surface area contributed by atoms with Crippen molar-refractivity contribution in [3.8, 4) is 11.5 Å². The summed E-state index contributed by atoms with van der Waals surface area (Å²) < 4.78 is 10.8. The fraction of sp³-hybridized carbons (Fsp3) is 0.450. The summed E-state index contributed by atoms with van der Waals surface area (Å²) in [6, 6.07) is 5.92. The van der Waals surface area contributed by atoms with Gasteiger partial charge in [0, 0.05) is 62.4 Å². The van der Waals surface area contributed by atoms with Gasteiger partial charge in [-0.1, -0.05) is 11.6 Å². The predicted octanol–water partition coefficient (Wildman–Crippen LogP) is 3.77. The molecule has 1 aliphatic rings. The number of aryl methyl sites for hydroxylation is 1. The van der Waals surface area contributed by atoms with Crippen molar-refractivity contribution in [3.05, 3.63) is 46.7 Å². The first-order valence-electron chi connectivity index (χ1n) is 8.90. The Labute approximate surface area is 160 Å². The second-order valence-corrected chi connectivity index (χ2v) is 6.98. The Bertz CT molecular complexity index is 754. The highest BCUT2D eigenvalue weighted by Gasteiger charge is 2.19. The van der Waals surface area contributed by atoms with Crippen LogP contribution < -0.4 is 14.4 Å². The molecule has 3 rings (SSSR count). The highest BCUT2D eigenvalue weighted by atomic mass is 35.5. The minimum absolute atomic E-state index is 0.618. The van der Waals surface area contributed by atoms with Crippen molar-refractivity contribution in [1.29, 1.82) is 0 Å². The summed E-state index contributed by atoms with van der Waals surface area (Å²) in [6.45, 7) is 7.03. The van der Waals surface area contributed by atoms with E-state index in [1.165, 1.54) is 11.3 Å². The smallest absolute Gasteiger partial charge is 0.141 e. The lowest BCUT2D eigenvalue weighted by atomic mass is 10.1. The zero-order chi connectivity index (χ0) is 18.5. The van der Waals surface area contributed by atoms with E-state index >= 15 is 0 Å². The minimum Gasteiger partial charge on any atom is -0.496 e. The van der Waals surface area contributed by atoms with E-state index in [2.05, 4.69) is 27.8 Å². The van der Waals surface area contributed by atoms with Crippen molar-refractivity contribution < 1.29 is 9.47 Å². The van der Waals surface area contributed by atoms with Gasteiger partial charge in [-0.25, -0.2) is 0 Å². The standard InChI is InChI=1S/C20H26ClN3O2/c1-15-13-22-6-5-18(15)24-8-4-7-23(9-10-24)14-16-11-17(21)20(26-3)12-19(16)25-2/h5-6,11-13H,4,7-10,14H2,1-3H3. The normalized spacial score (nSPS) is 15.6. The zero-order valence-corrected chi connectivity index (χ0v) is 16.4. The fourth-order valence-corrected chi connectivity index (χ4v) is 3.74. The molecule has 1 aromatic carbocycles. The van der Waals surface area contributed by atoms with Gasteiger partial charge in [-0.2, -0.15) is 0 Å². The number of halogens is 1. The van der Waals surface area contributed by atoms with Crippen LogP contribution in [0.25, 0.3) is 0 Å². The molecule has 0 unspecified atom stereocenters. The molecule has 0 saturated carbocycles. The van der Waals surface area contributed by atoms with Crippen LogP contribution in [-0.2, 0) is 6.54 Å². The molecular formula is C20H26ClN3O2. The number of benzene rings is 1. The number of ether oxygens (including phenoxy) is 2. The number of hydrogen-bond donors (Lipinski definition) is 0. The quantitative estimate of drug-likeness (QED) is 0.795. The molecule has 0 aliphatic carbocycles. The Morgan fingerprint density at radius 2 is 1.88 bits per heavy atom. The monoisotopic (exact) mass is 375 g/mol. The number of pyridine rings is 1. The fourth-order valence-electron chi connectivity index (χ4n) is 3.48. The predicted molar refractivity (Wildman–Crippen MR) is 106 cm³/mol. The first-order chi connectivity index (χ1) is 12.6. The number of rotatable bonds is 5. The maximum Gasteiger partial charge on any atom is 0.141 e. The maximum atomic E-state index is 6.32. The van der Waals surface area contributed by atoms with Gasteiger partial charge >= 0.3 is 0 Å². The molecule has 0 amide bonds. The van der Waals surface area contributed by atoms with E-state index in [0.29, 0.717) is 10.8 Å². The van der Waals surface area contributed by atoms with E-state index in [-0.39, 0.29) is 0 Å². The lowest BCUT2D eigenvalue weighted by Crippen LogP contribution is -2.31. The van der Waals surface area contributed by atoms with Crippen LogP contribution >= 0.6 is 11.6 Å². The number of anilines is 1. The Hall–Kier alpha value is -1.98. The van der Waals surface area contributed by atoms with Crippen LogP contribution in [0, 0.1) is 6.92 Å². The summed E-state index contributed by atoms with van der Waals surface area (Å²) in [5, 5.41) is 0.618. The second kappa shape index (κ2) is 8.60. The third-order valence-corrected chi connectivity index (χ3v) is 5.16. The molecule has 1 aliphatic heterocycles. The van der Waals surface area contributed by atoms with Crippen LogP contribution in [0.3, 0.4) is 0 Å². The SMILES string of the molecule is COc1cc(OC)c(CN2CCCN(c3ccncc3C)CC2)cc1Cl. The molecule has 0 bridgehead atoms. The minimum atomic E-state index is 0.618. The van der Waals surface area contributed by atoms with Crippen LogP contribution in [0.4, 0.5) is 5.69 Å². The van der Waals surface area contributed by atoms with Crippen molar-refractivity contribution in [2.45, 2.75) is 19.9 Å². The van der Waals surface area contributed by atoms with E-state index < -0.39 is 0 Å². The highest BCUT2D eigenvalue weighted by Crippen LogP contribution is 2.33. The maximum absolute atomic E-state index is 6.32. The Balaban J connectivity index is 1.71. The summed E-state index contributed by atoms with van der Waals surface area (Å²) >= 11 is 6.32. The highest BCUT2D eigenvalue weighted by molar-refractivity contribution is 6.32. The molecule has 26 heavy (non-hydrogen) atoms. The molecule has 0 spiro atoms. The number of methoxy groups -OCH3 is 2. The van der Waals surface area contributed by atoms with E-state index in [9.17, 15) is 0 Å². The molecule has 1 fully saturated rings. The summed E-state index contributed by atoms with van der Waals surface area (Å²) in [5.41, 5.74) is 3.60. The van der Waals surface area contributed by atoms with Crippen LogP contribution in [0.5, 0.6) is 11.5 Å². The van der Waals surface area contributed by atoms with Gasteiger partial charge in [-0.3, -0.25) is 9.88 Å². The van der Waals surface area contributed by atoms with Crippen molar-refractivity contribution in [3.63, 3.8) is 0 Å². The van der Waals surface area contributed by atoms with Gasteiger partial charge in [-0.15, -0.1) is 0 Å². The topological polar surface area (TPSA) is 37.8 Å². The summed E-state index contributed by atoms with van der Waals surface area (Å²) in [4.78, 5) is 9.11. The Kier molecular flexibility index (Phi) is 6.22. The van der Waals surface area contributed by atoms with E-state index in [1.807, 2.05) is 24.5 Å². The van der Waals surface area contributed by atoms with Crippen LogP contribution in [0.1, 0.15) is 17.5 Å². The van der Waals surface area contributed by atoms with Gasteiger partial charge in [0.05, 0.1) is 19.2 Å². The summed E-state index contributed by atoms with van der Waals surface area (Å²) in [7, 11) is 3.30.